The van der Waals surface area contributed by atoms with Gasteiger partial charge in [-0.05, 0) is 41.5 Å². The zero-order chi connectivity index (χ0) is 26.4. The van der Waals surface area contributed by atoms with Gasteiger partial charge in [0.25, 0.3) is 5.91 Å². The van der Waals surface area contributed by atoms with Crippen LogP contribution in [0.15, 0.2) is 97.3 Å². The molecular formula is C31H30N6O2. The van der Waals surface area contributed by atoms with Crippen LogP contribution in [-0.2, 0) is 6.42 Å². The predicted octanol–water partition coefficient (Wildman–Crippen LogP) is 4.68. The zero-order valence-corrected chi connectivity index (χ0v) is 21.6. The fraction of sp³-hybridized carbons (Fsp3) is 0.194. The molecule has 8 heteroatoms. The quantitative estimate of drug-likeness (QED) is 0.310. The number of aromatic nitrogens is 3. The van der Waals surface area contributed by atoms with Crippen LogP contribution in [-0.4, -0.2) is 53.3 Å². The van der Waals surface area contributed by atoms with Crippen molar-refractivity contribution in [2.75, 3.05) is 43.0 Å². The molecule has 2 aromatic heterocycles. The van der Waals surface area contributed by atoms with Crippen molar-refractivity contribution >= 4 is 22.9 Å². The fourth-order valence-electron chi connectivity index (χ4n) is 4.81. The number of para-hydroxylation sites is 2. The average molecular weight is 519 g/mol. The van der Waals surface area contributed by atoms with Crippen LogP contribution in [0.2, 0.25) is 0 Å². The number of amides is 1. The molecule has 2 N–H and O–H groups in total. The second kappa shape index (κ2) is 11.4. The standard InChI is InChI=1S/C31H30N6O2/c38-31(35-27-8-4-5-9-29(27)36-19-16-32-17-20-36)28-14-18-37-30(34-28)26(22-33-37)24-10-12-25(13-11-24)39-21-15-23-6-2-1-3-7-23/h1-14,18,22,32H,15-17,19-21H2,(H,35,38). The second-order valence-corrected chi connectivity index (χ2v) is 9.46. The highest BCUT2D eigenvalue weighted by Crippen LogP contribution is 2.28. The van der Waals surface area contributed by atoms with Crippen LogP contribution in [0.4, 0.5) is 11.4 Å². The molecule has 0 bridgehead atoms. The Hall–Kier alpha value is -4.69. The van der Waals surface area contributed by atoms with Crippen LogP contribution in [0.1, 0.15) is 16.1 Å². The van der Waals surface area contributed by atoms with E-state index in [9.17, 15) is 4.79 Å². The van der Waals surface area contributed by atoms with Crippen molar-refractivity contribution in [2.24, 2.45) is 0 Å². The number of anilines is 2. The first-order chi connectivity index (χ1) is 19.2. The summed E-state index contributed by atoms with van der Waals surface area (Å²) < 4.78 is 7.62. The van der Waals surface area contributed by atoms with Crippen molar-refractivity contribution in [1.29, 1.82) is 0 Å². The molecule has 6 rings (SSSR count). The van der Waals surface area contributed by atoms with E-state index in [1.807, 2.05) is 66.7 Å². The molecule has 5 aromatic rings. The number of benzene rings is 3. The lowest BCUT2D eigenvalue weighted by molar-refractivity contribution is 0.102. The predicted molar refractivity (Wildman–Crippen MR) is 154 cm³/mol. The Morgan fingerprint density at radius 3 is 2.51 bits per heavy atom. The molecule has 1 aliphatic heterocycles. The number of carbonyl (C=O) groups excluding carboxylic acids is 1. The van der Waals surface area contributed by atoms with E-state index in [0.717, 1.165) is 60.9 Å². The van der Waals surface area contributed by atoms with Gasteiger partial charge in [0.2, 0.25) is 0 Å². The third kappa shape index (κ3) is 5.61. The summed E-state index contributed by atoms with van der Waals surface area (Å²) in [5.74, 6) is 0.553. The van der Waals surface area contributed by atoms with Crippen molar-refractivity contribution in [3.05, 3.63) is 109 Å². The Bertz CT molecular complexity index is 1560. The molecule has 0 radical (unpaired) electrons. The molecule has 0 unspecified atom stereocenters. The minimum absolute atomic E-state index is 0.255. The normalized spacial score (nSPS) is 13.4. The Morgan fingerprint density at radius 2 is 1.69 bits per heavy atom. The Morgan fingerprint density at radius 1 is 0.923 bits per heavy atom. The molecule has 3 aromatic carbocycles. The van der Waals surface area contributed by atoms with Gasteiger partial charge in [-0.25, -0.2) is 9.50 Å². The number of nitrogens with zero attached hydrogens (tertiary/aromatic N) is 4. The van der Waals surface area contributed by atoms with Crippen LogP contribution in [0.25, 0.3) is 16.8 Å². The van der Waals surface area contributed by atoms with Gasteiger partial charge < -0.3 is 20.3 Å². The van der Waals surface area contributed by atoms with Gasteiger partial charge in [-0.1, -0.05) is 54.6 Å². The van der Waals surface area contributed by atoms with Crippen molar-refractivity contribution in [3.63, 3.8) is 0 Å². The van der Waals surface area contributed by atoms with E-state index in [1.165, 1.54) is 5.56 Å². The Labute approximate surface area is 227 Å². The van der Waals surface area contributed by atoms with Gasteiger partial charge in [-0.2, -0.15) is 5.10 Å². The maximum absolute atomic E-state index is 13.3. The summed E-state index contributed by atoms with van der Waals surface area (Å²) in [6, 6.07) is 27.8. The lowest BCUT2D eigenvalue weighted by Crippen LogP contribution is -2.43. The highest BCUT2D eigenvalue weighted by Gasteiger charge is 2.18. The molecule has 3 heterocycles. The Kier molecular flexibility index (Phi) is 7.18. The summed E-state index contributed by atoms with van der Waals surface area (Å²) in [6.45, 7) is 4.24. The molecule has 196 valence electrons. The largest absolute Gasteiger partial charge is 0.493 e. The van der Waals surface area contributed by atoms with Gasteiger partial charge in [-0.15, -0.1) is 0 Å². The van der Waals surface area contributed by atoms with Crippen molar-refractivity contribution < 1.29 is 9.53 Å². The lowest BCUT2D eigenvalue weighted by atomic mass is 10.1. The van der Waals surface area contributed by atoms with Crippen LogP contribution in [0, 0.1) is 0 Å². The first-order valence-electron chi connectivity index (χ1n) is 13.2. The lowest BCUT2D eigenvalue weighted by Gasteiger charge is -2.31. The molecule has 0 aliphatic carbocycles. The molecule has 1 aliphatic rings. The maximum atomic E-state index is 13.3. The highest BCUT2D eigenvalue weighted by atomic mass is 16.5. The summed E-state index contributed by atoms with van der Waals surface area (Å²) in [6.07, 6.45) is 4.39. The van der Waals surface area contributed by atoms with E-state index >= 15 is 0 Å². The summed E-state index contributed by atoms with van der Waals surface area (Å²) >= 11 is 0. The zero-order valence-electron chi connectivity index (χ0n) is 21.6. The van der Waals surface area contributed by atoms with Gasteiger partial charge in [0, 0.05) is 44.4 Å². The number of nitrogens with one attached hydrogen (secondary N) is 2. The van der Waals surface area contributed by atoms with Crippen molar-refractivity contribution in [3.8, 4) is 16.9 Å². The summed E-state index contributed by atoms with van der Waals surface area (Å²) in [5.41, 5.74) is 5.80. The SMILES string of the molecule is O=C(Nc1ccccc1N1CCNCC1)c1ccn2ncc(-c3ccc(OCCc4ccccc4)cc3)c2n1. The third-order valence-electron chi connectivity index (χ3n) is 6.88. The molecule has 39 heavy (non-hydrogen) atoms. The van der Waals surface area contributed by atoms with Gasteiger partial charge in [0.15, 0.2) is 5.65 Å². The number of piperazine rings is 1. The van der Waals surface area contributed by atoms with Gasteiger partial charge in [0.05, 0.1) is 24.2 Å². The highest BCUT2D eigenvalue weighted by molar-refractivity contribution is 6.05. The number of carbonyl (C=O) groups is 1. The van der Waals surface area contributed by atoms with Gasteiger partial charge >= 0.3 is 0 Å². The first kappa shape index (κ1) is 24.6. The maximum Gasteiger partial charge on any atom is 0.274 e. The van der Waals surface area contributed by atoms with Crippen LogP contribution >= 0.6 is 0 Å². The smallest absolute Gasteiger partial charge is 0.274 e. The molecule has 1 fully saturated rings. The number of rotatable bonds is 8. The van der Waals surface area contributed by atoms with Crippen LogP contribution < -0.4 is 20.3 Å². The molecular weight excluding hydrogens is 488 g/mol. The molecule has 0 spiro atoms. The van der Waals surface area contributed by atoms with E-state index in [-0.39, 0.29) is 5.91 Å². The fourth-order valence-corrected chi connectivity index (χ4v) is 4.81. The van der Waals surface area contributed by atoms with E-state index in [0.29, 0.717) is 17.9 Å². The number of hydrogen-bond acceptors (Lipinski definition) is 6. The van der Waals surface area contributed by atoms with E-state index < -0.39 is 0 Å². The van der Waals surface area contributed by atoms with Gasteiger partial charge in [0.1, 0.15) is 11.4 Å². The van der Waals surface area contributed by atoms with Crippen molar-refractivity contribution in [1.82, 2.24) is 19.9 Å². The number of fused-ring (bicyclic) bond motifs is 1. The van der Waals surface area contributed by atoms with E-state index in [4.69, 9.17) is 4.74 Å². The van der Waals surface area contributed by atoms with E-state index in [2.05, 4.69) is 37.7 Å². The molecule has 0 saturated carbocycles. The third-order valence-corrected chi connectivity index (χ3v) is 6.88. The molecule has 8 nitrogen and oxygen atoms in total. The average Bonchev–Trinajstić information content (AvgIpc) is 3.42. The Balaban J connectivity index is 1.17. The van der Waals surface area contributed by atoms with E-state index in [1.54, 1.807) is 23.0 Å². The molecule has 0 atom stereocenters. The number of hydrogen-bond donors (Lipinski definition) is 2. The molecule has 1 amide bonds. The minimum Gasteiger partial charge on any atom is -0.493 e. The topological polar surface area (TPSA) is 83.8 Å². The first-order valence-corrected chi connectivity index (χ1v) is 13.2. The van der Waals surface area contributed by atoms with Crippen molar-refractivity contribution in [2.45, 2.75) is 6.42 Å². The summed E-state index contributed by atoms with van der Waals surface area (Å²) in [7, 11) is 0. The summed E-state index contributed by atoms with van der Waals surface area (Å²) in [4.78, 5) is 20.2. The summed E-state index contributed by atoms with van der Waals surface area (Å²) in [5, 5.41) is 10.9. The molecule has 1 saturated heterocycles. The minimum atomic E-state index is -0.255. The second-order valence-electron chi connectivity index (χ2n) is 9.46. The van der Waals surface area contributed by atoms with Crippen LogP contribution in [0.3, 0.4) is 0 Å². The monoisotopic (exact) mass is 518 g/mol. The number of ether oxygens (including phenoxy) is 1. The van der Waals surface area contributed by atoms with Gasteiger partial charge in [-0.3, -0.25) is 4.79 Å². The van der Waals surface area contributed by atoms with Crippen LogP contribution in [0.5, 0.6) is 5.75 Å².